The highest BCUT2D eigenvalue weighted by molar-refractivity contribution is 7.92. The van der Waals surface area contributed by atoms with Gasteiger partial charge in [-0.25, -0.2) is 4.98 Å². The molecule has 1 amide bonds. The largest absolute Gasteiger partial charge is 0.417 e. The summed E-state index contributed by atoms with van der Waals surface area (Å²) in [4.78, 5) is 15.1. The van der Waals surface area contributed by atoms with Gasteiger partial charge in [0.1, 0.15) is 0 Å². The van der Waals surface area contributed by atoms with Crippen LogP contribution in [0, 0.1) is 0 Å². The minimum Gasteiger partial charge on any atom is -0.355 e. The van der Waals surface area contributed by atoms with Crippen LogP contribution in [0.4, 0.5) is 18.9 Å². The first-order chi connectivity index (χ1) is 11.1. The summed E-state index contributed by atoms with van der Waals surface area (Å²) in [6, 6.07) is 7.16. The number of alkyl halides is 3. The Labute approximate surface area is 135 Å². The first-order valence-electron chi connectivity index (χ1n) is 6.52. The Balaban J connectivity index is 2.34. The van der Waals surface area contributed by atoms with Crippen LogP contribution in [0.1, 0.15) is 15.9 Å². The maximum absolute atomic E-state index is 12.5. The number of sulfonamides is 1. The van der Waals surface area contributed by atoms with E-state index >= 15 is 0 Å². The van der Waals surface area contributed by atoms with Gasteiger partial charge in [-0.1, -0.05) is 12.1 Å². The predicted molar refractivity (Wildman–Crippen MR) is 79.9 cm³/mol. The lowest BCUT2D eigenvalue weighted by Gasteiger charge is -2.12. The normalized spacial score (nSPS) is 11.8. The van der Waals surface area contributed by atoms with E-state index in [0.717, 1.165) is 6.07 Å². The third-order valence-electron chi connectivity index (χ3n) is 2.98. The fourth-order valence-electron chi connectivity index (χ4n) is 1.81. The minimum absolute atomic E-state index is 0.0152. The highest BCUT2D eigenvalue weighted by Gasteiger charge is 2.31. The summed E-state index contributed by atoms with van der Waals surface area (Å²) in [6.07, 6.45) is -4.19. The van der Waals surface area contributed by atoms with Crippen molar-refractivity contribution in [1.29, 1.82) is 0 Å². The summed E-state index contributed by atoms with van der Waals surface area (Å²) in [7, 11) is -2.87. The van der Waals surface area contributed by atoms with E-state index in [9.17, 15) is 26.4 Å². The molecule has 0 bridgehead atoms. The predicted octanol–water partition coefficient (Wildman–Crippen LogP) is 2.26. The van der Waals surface area contributed by atoms with E-state index in [1.54, 1.807) is 6.07 Å². The molecule has 0 spiro atoms. The third-order valence-corrected chi connectivity index (χ3v) is 4.26. The molecule has 24 heavy (non-hydrogen) atoms. The molecule has 1 aromatic carbocycles. The van der Waals surface area contributed by atoms with Gasteiger partial charge in [-0.15, -0.1) is 0 Å². The molecule has 0 radical (unpaired) electrons. The molecule has 0 atom stereocenters. The Kier molecular flexibility index (Phi) is 4.78. The number of anilines is 1. The van der Waals surface area contributed by atoms with Crippen molar-refractivity contribution in [2.45, 2.75) is 11.2 Å². The van der Waals surface area contributed by atoms with Gasteiger partial charge in [0, 0.05) is 13.2 Å². The molecule has 1 heterocycles. The fraction of sp³-hybridized carbons (Fsp3) is 0.143. The second kappa shape index (κ2) is 6.48. The van der Waals surface area contributed by atoms with Crippen molar-refractivity contribution in [3.8, 4) is 0 Å². The molecule has 6 nitrogen and oxygen atoms in total. The van der Waals surface area contributed by atoms with E-state index in [0.29, 0.717) is 12.3 Å². The van der Waals surface area contributed by atoms with Crippen molar-refractivity contribution in [2.24, 2.45) is 0 Å². The summed E-state index contributed by atoms with van der Waals surface area (Å²) in [5, 5.41) is 1.76. The van der Waals surface area contributed by atoms with Gasteiger partial charge in [0.25, 0.3) is 15.9 Å². The molecule has 10 heteroatoms. The Bertz CT molecular complexity index is 850. The number of pyridine rings is 1. The number of hydrogen-bond acceptors (Lipinski definition) is 4. The van der Waals surface area contributed by atoms with Crippen LogP contribution in [0.5, 0.6) is 0 Å². The number of hydrogen-bond donors (Lipinski definition) is 2. The first-order valence-corrected chi connectivity index (χ1v) is 8.00. The van der Waals surface area contributed by atoms with Gasteiger partial charge in [0.15, 0.2) is 5.03 Å². The molecular formula is C14H12F3N3O3S. The maximum Gasteiger partial charge on any atom is 0.417 e. The van der Waals surface area contributed by atoms with Gasteiger partial charge in [-0.2, -0.15) is 21.6 Å². The van der Waals surface area contributed by atoms with E-state index < -0.39 is 32.7 Å². The van der Waals surface area contributed by atoms with E-state index in [-0.39, 0.29) is 11.3 Å². The number of rotatable bonds is 4. The van der Waals surface area contributed by atoms with Crippen molar-refractivity contribution < 1.29 is 26.4 Å². The number of halogens is 3. The number of nitrogens with zero attached hydrogens (tertiary/aromatic N) is 1. The van der Waals surface area contributed by atoms with E-state index in [2.05, 4.69) is 15.0 Å². The lowest BCUT2D eigenvalue weighted by molar-refractivity contribution is -0.137. The van der Waals surface area contributed by atoms with Crippen LogP contribution >= 0.6 is 0 Å². The molecule has 0 aliphatic carbocycles. The minimum atomic E-state index is -4.62. The van der Waals surface area contributed by atoms with Gasteiger partial charge in [-0.05, 0) is 24.3 Å². The SMILES string of the molecule is CNC(=O)c1ccccc1NS(=O)(=O)c1ccc(C(F)(F)F)cn1. The van der Waals surface area contributed by atoms with Crippen LogP contribution < -0.4 is 10.0 Å². The van der Waals surface area contributed by atoms with E-state index in [1.165, 1.54) is 25.2 Å². The number of carbonyl (C=O) groups is 1. The fourth-order valence-corrected chi connectivity index (χ4v) is 2.82. The van der Waals surface area contributed by atoms with Crippen molar-refractivity contribution in [3.05, 3.63) is 53.7 Å². The van der Waals surface area contributed by atoms with Crippen LogP contribution in [-0.4, -0.2) is 26.4 Å². The second-order valence-corrected chi connectivity index (χ2v) is 6.24. The number of amides is 1. The van der Waals surface area contributed by atoms with Gasteiger partial charge in [-0.3, -0.25) is 9.52 Å². The molecule has 2 rings (SSSR count). The summed E-state index contributed by atoms with van der Waals surface area (Å²) in [6.45, 7) is 0. The molecule has 128 valence electrons. The first kappa shape index (κ1) is 17.7. The zero-order valence-electron chi connectivity index (χ0n) is 12.3. The molecule has 0 saturated heterocycles. The molecule has 0 fully saturated rings. The zero-order chi connectivity index (χ0) is 18.0. The van der Waals surface area contributed by atoms with Crippen molar-refractivity contribution >= 4 is 21.6 Å². The van der Waals surface area contributed by atoms with Crippen LogP contribution in [0.2, 0.25) is 0 Å². The summed E-state index contributed by atoms with van der Waals surface area (Å²) < 4.78 is 64.1. The third kappa shape index (κ3) is 3.82. The Hall–Kier alpha value is -2.62. The van der Waals surface area contributed by atoms with Crippen LogP contribution in [0.15, 0.2) is 47.6 Å². The van der Waals surface area contributed by atoms with E-state index in [1.807, 2.05) is 0 Å². The molecule has 0 unspecified atom stereocenters. The highest BCUT2D eigenvalue weighted by atomic mass is 32.2. The van der Waals surface area contributed by atoms with Crippen LogP contribution in [0.25, 0.3) is 0 Å². The Morgan fingerprint density at radius 3 is 2.33 bits per heavy atom. The standard InChI is InChI=1S/C14H12F3N3O3S/c1-18-13(21)10-4-2-3-5-11(10)20-24(22,23)12-7-6-9(8-19-12)14(15,16)17/h2-8,20H,1H3,(H,18,21). The lowest BCUT2D eigenvalue weighted by Crippen LogP contribution is -2.22. The lowest BCUT2D eigenvalue weighted by atomic mass is 10.2. The summed E-state index contributed by atoms with van der Waals surface area (Å²) in [5.41, 5.74) is -1.01. The number of para-hydroxylation sites is 1. The van der Waals surface area contributed by atoms with Gasteiger partial charge in [0.05, 0.1) is 16.8 Å². The van der Waals surface area contributed by atoms with Gasteiger partial charge in [0.2, 0.25) is 0 Å². The molecule has 0 aliphatic heterocycles. The molecule has 2 N–H and O–H groups in total. The number of nitrogens with one attached hydrogen (secondary N) is 2. The maximum atomic E-state index is 12.5. The molecule has 0 aliphatic rings. The molecule has 0 saturated carbocycles. The van der Waals surface area contributed by atoms with Crippen LogP contribution in [0.3, 0.4) is 0 Å². The topological polar surface area (TPSA) is 88.2 Å². The number of benzene rings is 1. The Morgan fingerprint density at radius 2 is 1.79 bits per heavy atom. The van der Waals surface area contributed by atoms with Gasteiger partial charge >= 0.3 is 6.18 Å². The summed E-state index contributed by atoms with van der Waals surface area (Å²) >= 11 is 0. The van der Waals surface area contributed by atoms with Gasteiger partial charge < -0.3 is 5.32 Å². The molecule has 1 aromatic heterocycles. The summed E-state index contributed by atoms with van der Waals surface area (Å²) in [5.74, 6) is -0.520. The second-order valence-electron chi connectivity index (χ2n) is 4.61. The van der Waals surface area contributed by atoms with Crippen molar-refractivity contribution in [1.82, 2.24) is 10.3 Å². The Morgan fingerprint density at radius 1 is 1.12 bits per heavy atom. The smallest absolute Gasteiger partial charge is 0.355 e. The highest BCUT2D eigenvalue weighted by Crippen LogP contribution is 2.29. The quantitative estimate of drug-likeness (QED) is 0.877. The molecular weight excluding hydrogens is 347 g/mol. The monoisotopic (exact) mass is 359 g/mol. The zero-order valence-corrected chi connectivity index (χ0v) is 13.1. The van der Waals surface area contributed by atoms with Crippen LogP contribution in [-0.2, 0) is 16.2 Å². The number of aromatic nitrogens is 1. The average Bonchev–Trinajstić information content (AvgIpc) is 2.53. The average molecular weight is 359 g/mol. The van der Waals surface area contributed by atoms with Crippen molar-refractivity contribution in [3.63, 3.8) is 0 Å². The number of carbonyl (C=O) groups excluding carboxylic acids is 1. The molecule has 2 aromatic rings. The van der Waals surface area contributed by atoms with E-state index in [4.69, 9.17) is 0 Å². The van der Waals surface area contributed by atoms with Crippen molar-refractivity contribution in [2.75, 3.05) is 11.8 Å².